The van der Waals surface area contributed by atoms with E-state index in [2.05, 4.69) is 46.0 Å². The number of thiophene rings is 1. The highest BCUT2D eigenvalue weighted by Crippen LogP contribution is 2.40. The fraction of sp³-hybridized carbons (Fsp3) is 0.476. The quantitative estimate of drug-likeness (QED) is 0.306. The van der Waals surface area contributed by atoms with Crippen LogP contribution in [0.25, 0.3) is 0 Å². The number of nitrogens with one attached hydrogen (secondary N) is 2. The van der Waals surface area contributed by atoms with Crippen LogP contribution >= 0.6 is 35.3 Å². The van der Waals surface area contributed by atoms with Gasteiger partial charge in [-0.15, -0.1) is 35.3 Å². The SMILES string of the molecule is CN=C(NCc1ccc(S(=O)(=O)N(C)C)s1)NCC1(c2ccccc2)CCCC1.I. The highest BCUT2D eigenvalue weighted by molar-refractivity contribution is 14.0. The van der Waals surface area contributed by atoms with Gasteiger partial charge >= 0.3 is 0 Å². The Morgan fingerprint density at radius 2 is 1.77 bits per heavy atom. The molecule has 1 aliphatic carbocycles. The molecule has 0 radical (unpaired) electrons. The van der Waals surface area contributed by atoms with E-state index >= 15 is 0 Å². The van der Waals surface area contributed by atoms with Crippen molar-refractivity contribution in [2.45, 2.75) is 41.9 Å². The van der Waals surface area contributed by atoms with E-state index in [0.29, 0.717) is 10.8 Å². The first-order chi connectivity index (χ1) is 13.9. The number of rotatable bonds is 7. The third-order valence-corrected chi connectivity index (χ3v) is 8.93. The van der Waals surface area contributed by atoms with Gasteiger partial charge in [0.25, 0.3) is 10.0 Å². The van der Waals surface area contributed by atoms with E-state index in [1.807, 2.05) is 6.07 Å². The molecule has 1 fully saturated rings. The van der Waals surface area contributed by atoms with Crippen LogP contribution in [-0.4, -0.2) is 46.4 Å². The third-order valence-electron chi connectivity index (χ3n) is 5.57. The Morgan fingerprint density at radius 3 is 2.37 bits per heavy atom. The lowest BCUT2D eigenvalue weighted by atomic mass is 9.79. The summed E-state index contributed by atoms with van der Waals surface area (Å²) in [6.07, 6.45) is 4.86. The minimum Gasteiger partial charge on any atom is -0.356 e. The van der Waals surface area contributed by atoms with E-state index in [-0.39, 0.29) is 29.4 Å². The monoisotopic (exact) mass is 562 g/mol. The van der Waals surface area contributed by atoms with Gasteiger partial charge in [0.05, 0.1) is 6.54 Å². The number of aliphatic imine (C=N–C) groups is 1. The van der Waals surface area contributed by atoms with Gasteiger partial charge in [0.15, 0.2) is 5.96 Å². The summed E-state index contributed by atoms with van der Waals surface area (Å²) in [7, 11) is 1.47. The zero-order chi connectivity index (χ0) is 20.9. The lowest BCUT2D eigenvalue weighted by Crippen LogP contribution is -2.44. The van der Waals surface area contributed by atoms with Crippen molar-refractivity contribution >= 4 is 51.3 Å². The summed E-state index contributed by atoms with van der Waals surface area (Å²) >= 11 is 1.29. The smallest absolute Gasteiger partial charge is 0.252 e. The van der Waals surface area contributed by atoms with E-state index in [0.717, 1.165) is 17.4 Å². The highest BCUT2D eigenvalue weighted by atomic mass is 127. The summed E-state index contributed by atoms with van der Waals surface area (Å²) in [6.45, 7) is 1.37. The number of nitrogens with zero attached hydrogens (tertiary/aromatic N) is 2. The van der Waals surface area contributed by atoms with Gasteiger partial charge < -0.3 is 10.6 Å². The van der Waals surface area contributed by atoms with Gasteiger partial charge in [0.1, 0.15) is 4.21 Å². The molecule has 2 N–H and O–H groups in total. The Balaban J connectivity index is 0.00000320. The minimum atomic E-state index is -3.38. The van der Waals surface area contributed by atoms with Crippen molar-refractivity contribution in [1.29, 1.82) is 0 Å². The highest BCUT2D eigenvalue weighted by Gasteiger charge is 2.35. The Labute approximate surface area is 201 Å². The zero-order valence-electron chi connectivity index (χ0n) is 17.7. The molecule has 166 valence electrons. The number of guanidine groups is 1. The van der Waals surface area contributed by atoms with Crippen LogP contribution in [-0.2, 0) is 22.0 Å². The summed E-state index contributed by atoms with van der Waals surface area (Å²) in [5.74, 6) is 0.734. The first-order valence-electron chi connectivity index (χ1n) is 9.89. The first kappa shape index (κ1) is 25.1. The van der Waals surface area contributed by atoms with E-state index in [1.54, 1.807) is 27.2 Å². The molecule has 1 aromatic carbocycles. The van der Waals surface area contributed by atoms with Crippen LogP contribution in [0.5, 0.6) is 0 Å². The summed E-state index contributed by atoms with van der Waals surface area (Å²) in [6, 6.07) is 14.2. The van der Waals surface area contributed by atoms with Gasteiger partial charge in [0, 0.05) is 38.0 Å². The van der Waals surface area contributed by atoms with Crippen molar-refractivity contribution in [2.75, 3.05) is 27.7 Å². The predicted octanol–water partition coefficient (Wildman–Crippen LogP) is 3.79. The van der Waals surface area contributed by atoms with Gasteiger partial charge in [-0.1, -0.05) is 43.2 Å². The van der Waals surface area contributed by atoms with Gasteiger partial charge in [-0.25, -0.2) is 12.7 Å². The topological polar surface area (TPSA) is 73.8 Å². The number of hydrogen-bond donors (Lipinski definition) is 2. The summed E-state index contributed by atoms with van der Waals surface area (Å²) in [5, 5.41) is 6.81. The van der Waals surface area contributed by atoms with Crippen LogP contribution in [0.4, 0.5) is 0 Å². The number of sulfonamides is 1. The van der Waals surface area contributed by atoms with Gasteiger partial charge in [-0.2, -0.15) is 0 Å². The molecule has 0 bridgehead atoms. The van der Waals surface area contributed by atoms with Crippen LogP contribution in [0.1, 0.15) is 36.1 Å². The van der Waals surface area contributed by atoms with Crippen LogP contribution < -0.4 is 10.6 Å². The van der Waals surface area contributed by atoms with Gasteiger partial charge in [0.2, 0.25) is 0 Å². The molecule has 0 atom stereocenters. The second kappa shape index (κ2) is 10.9. The van der Waals surface area contributed by atoms with Crippen molar-refractivity contribution in [3.63, 3.8) is 0 Å². The van der Waals surface area contributed by atoms with E-state index < -0.39 is 10.0 Å². The minimum absolute atomic E-state index is 0. The lowest BCUT2D eigenvalue weighted by Gasteiger charge is -2.30. The third kappa shape index (κ3) is 5.74. The number of hydrogen-bond acceptors (Lipinski definition) is 4. The second-order valence-electron chi connectivity index (χ2n) is 7.64. The summed E-state index contributed by atoms with van der Waals surface area (Å²) < 4.78 is 26.1. The maximum absolute atomic E-state index is 12.2. The van der Waals surface area contributed by atoms with E-state index in [4.69, 9.17) is 0 Å². The largest absolute Gasteiger partial charge is 0.356 e. The van der Waals surface area contributed by atoms with Crippen LogP contribution in [0.2, 0.25) is 0 Å². The molecule has 1 saturated carbocycles. The average molecular weight is 563 g/mol. The van der Waals surface area contributed by atoms with Gasteiger partial charge in [-0.05, 0) is 30.5 Å². The summed E-state index contributed by atoms with van der Waals surface area (Å²) in [5.41, 5.74) is 1.53. The fourth-order valence-corrected chi connectivity index (χ4v) is 6.29. The molecule has 0 amide bonds. The van der Waals surface area contributed by atoms with Crippen molar-refractivity contribution in [2.24, 2.45) is 4.99 Å². The van der Waals surface area contributed by atoms with E-state index in [1.165, 1.54) is 46.9 Å². The van der Waals surface area contributed by atoms with Crippen molar-refractivity contribution in [1.82, 2.24) is 14.9 Å². The Hall–Kier alpha value is -1.17. The molecular formula is C21H31IN4O2S2. The van der Waals surface area contributed by atoms with Crippen molar-refractivity contribution in [3.05, 3.63) is 52.9 Å². The van der Waals surface area contributed by atoms with Crippen molar-refractivity contribution in [3.8, 4) is 0 Å². The average Bonchev–Trinajstić information content (AvgIpc) is 3.39. The van der Waals surface area contributed by atoms with Crippen molar-refractivity contribution < 1.29 is 8.42 Å². The Kier molecular flexibility index (Phi) is 9.13. The van der Waals surface area contributed by atoms with Crippen LogP contribution in [0, 0.1) is 0 Å². The number of benzene rings is 1. The van der Waals surface area contributed by atoms with Crippen LogP contribution in [0.3, 0.4) is 0 Å². The fourth-order valence-electron chi connectivity index (χ4n) is 3.83. The molecule has 1 heterocycles. The molecule has 0 unspecified atom stereocenters. The second-order valence-corrected chi connectivity index (χ2v) is 11.2. The molecule has 9 heteroatoms. The predicted molar refractivity (Wildman–Crippen MR) is 135 cm³/mol. The molecule has 1 aromatic heterocycles. The molecule has 30 heavy (non-hydrogen) atoms. The maximum atomic E-state index is 12.2. The Bertz CT molecular complexity index is 937. The molecule has 0 aliphatic heterocycles. The first-order valence-corrected chi connectivity index (χ1v) is 12.1. The summed E-state index contributed by atoms with van der Waals surface area (Å²) in [4.78, 5) is 5.30. The van der Waals surface area contributed by atoms with Gasteiger partial charge in [-0.3, -0.25) is 4.99 Å². The zero-order valence-corrected chi connectivity index (χ0v) is 21.7. The molecule has 6 nitrogen and oxygen atoms in total. The molecule has 3 rings (SSSR count). The lowest BCUT2D eigenvalue weighted by molar-refractivity contribution is 0.432. The molecule has 1 aliphatic rings. The molecular weight excluding hydrogens is 531 g/mol. The standard InChI is InChI=1S/C21H30N4O2S2.HI/c1-22-20(23-15-18-11-12-19(28-18)29(26,27)25(2)3)24-16-21(13-7-8-14-21)17-9-5-4-6-10-17;/h4-6,9-12H,7-8,13-16H2,1-3H3,(H2,22,23,24);1H. The van der Waals surface area contributed by atoms with Crippen LogP contribution in [0.15, 0.2) is 51.7 Å². The Morgan fingerprint density at radius 1 is 1.10 bits per heavy atom. The maximum Gasteiger partial charge on any atom is 0.252 e. The number of halogens is 1. The molecule has 2 aromatic rings. The molecule has 0 spiro atoms. The van der Waals surface area contributed by atoms with E-state index in [9.17, 15) is 8.42 Å². The molecule has 0 saturated heterocycles. The normalized spacial score (nSPS) is 16.3.